The molecule has 0 spiro atoms. The summed E-state index contributed by atoms with van der Waals surface area (Å²) in [6, 6.07) is 10.0. The van der Waals surface area contributed by atoms with Crippen LogP contribution in [0.5, 0.6) is 11.5 Å². The molecule has 146 valence electrons. The number of ether oxygens (including phenoxy) is 2. The Balaban J connectivity index is 1.78. The van der Waals surface area contributed by atoms with E-state index in [1.165, 1.54) is 30.7 Å². The largest absolute Gasteiger partial charge is 0.493 e. The quantitative estimate of drug-likeness (QED) is 0.725. The van der Waals surface area contributed by atoms with Crippen LogP contribution in [-0.2, 0) is 10.0 Å². The smallest absolute Gasteiger partial charge is 0.243 e. The lowest BCUT2D eigenvalue weighted by atomic mass is 10.2. The van der Waals surface area contributed by atoms with Crippen LogP contribution in [0, 0.1) is 0 Å². The molecule has 0 saturated carbocycles. The molecule has 1 heterocycles. The van der Waals surface area contributed by atoms with E-state index in [0.29, 0.717) is 47.7 Å². The molecule has 2 aromatic rings. The molecule has 0 radical (unpaired) electrons. The minimum Gasteiger partial charge on any atom is -0.493 e. The number of hydrogen-bond acceptors (Lipinski definition) is 5. The summed E-state index contributed by atoms with van der Waals surface area (Å²) in [5.41, 5.74) is 0.812. The summed E-state index contributed by atoms with van der Waals surface area (Å²) in [4.78, 5) is 2.21. The Bertz CT molecular complexity index is 929. The molecular formula is C18H20Cl2N2O4S. The van der Waals surface area contributed by atoms with Crippen molar-refractivity contribution in [2.24, 2.45) is 0 Å². The van der Waals surface area contributed by atoms with Gasteiger partial charge in [0, 0.05) is 32.2 Å². The van der Waals surface area contributed by atoms with E-state index < -0.39 is 10.0 Å². The van der Waals surface area contributed by atoms with Gasteiger partial charge in [-0.2, -0.15) is 4.31 Å². The Morgan fingerprint density at radius 1 is 0.926 bits per heavy atom. The van der Waals surface area contributed by atoms with Crippen LogP contribution in [0.2, 0.25) is 10.0 Å². The molecule has 1 fully saturated rings. The number of hydrogen-bond donors (Lipinski definition) is 0. The van der Waals surface area contributed by atoms with Gasteiger partial charge in [0.25, 0.3) is 0 Å². The summed E-state index contributed by atoms with van der Waals surface area (Å²) in [6.45, 7) is 1.73. The van der Waals surface area contributed by atoms with Gasteiger partial charge in [0.1, 0.15) is 0 Å². The zero-order valence-electron chi connectivity index (χ0n) is 15.0. The molecule has 0 N–H and O–H groups in total. The third-order valence-electron chi connectivity index (χ3n) is 4.50. The van der Waals surface area contributed by atoms with Crippen molar-refractivity contribution >= 4 is 38.9 Å². The van der Waals surface area contributed by atoms with Crippen molar-refractivity contribution in [2.45, 2.75) is 4.90 Å². The van der Waals surface area contributed by atoms with E-state index in [9.17, 15) is 8.42 Å². The van der Waals surface area contributed by atoms with Crippen LogP contribution < -0.4 is 14.4 Å². The van der Waals surface area contributed by atoms with Gasteiger partial charge in [-0.25, -0.2) is 8.42 Å². The van der Waals surface area contributed by atoms with Crippen molar-refractivity contribution < 1.29 is 17.9 Å². The summed E-state index contributed by atoms with van der Waals surface area (Å²) in [7, 11) is -0.651. The van der Waals surface area contributed by atoms with E-state index in [0.717, 1.165) is 5.69 Å². The van der Waals surface area contributed by atoms with Gasteiger partial charge in [0.15, 0.2) is 11.5 Å². The fourth-order valence-electron chi connectivity index (χ4n) is 3.03. The number of sulfonamides is 1. The Labute approximate surface area is 169 Å². The fraction of sp³-hybridized carbons (Fsp3) is 0.333. The molecule has 1 aliphatic heterocycles. The van der Waals surface area contributed by atoms with Crippen molar-refractivity contribution in [3.8, 4) is 11.5 Å². The second-order valence-electron chi connectivity index (χ2n) is 5.98. The maximum Gasteiger partial charge on any atom is 0.243 e. The highest BCUT2D eigenvalue weighted by molar-refractivity contribution is 7.89. The molecule has 0 aliphatic carbocycles. The van der Waals surface area contributed by atoms with Crippen LogP contribution in [0.1, 0.15) is 0 Å². The summed E-state index contributed by atoms with van der Waals surface area (Å²) < 4.78 is 37.8. The monoisotopic (exact) mass is 430 g/mol. The molecule has 1 saturated heterocycles. The predicted octanol–water partition coefficient (Wildman–Crippen LogP) is 3.52. The molecule has 0 atom stereocenters. The van der Waals surface area contributed by atoms with Gasteiger partial charge in [0.05, 0.1) is 34.8 Å². The highest BCUT2D eigenvalue weighted by atomic mass is 35.5. The second kappa shape index (κ2) is 8.14. The van der Waals surface area contributed by atoms with E-state index in [2.05, 4.69) is 0 Å². The van der Waals surface area contributed by atoms with Gasteiger partial charge in [0.2, 0.25) is 10.0 Å². The van der Waals surface area contributed by atoms with E-state index in [4.69, 9.17) is 32.7 Å². The van der Waals surface area contributed by atoms with E-state index >= 15 is 0 Å². The first-order valence-electron chi connectivity index (χ1n) is 8.29. The maximum absolute atomic E-state index is 13.0. The minimum absolute atomic E-state index is 0.175. The van der Waals surface area contributed by atoms with Crippen molar-refractivity contribution in [3.63, 3.8) is 0 Å². The van der Waals surface area contributed by atoms with Crippen molar-refractivity contribution in [1.82, 2.24) is 4.31 Å². The maximum atomic E-state index is 13.0. The number of halogens is 2. The standard InChI is InChI=1S/C18H20Cl2N2O4S/c1-25-16-7-6-13(12-17(16)26-2)27(23,24)22-10-8-21(9-11-22)15-5-3-4-14(19)18(15)20/h3-7,12H,8-11H2,1-2H3. The Hall–Kier alpha value is -1.67. The zero-order chi connectivity index (χ0) is 19.6. The van der Waals surface area contributed by atoms with Gasteiger partial charge in [-0.05, 0) is 24.3 Å². The van der Waals surface area contributed by atoms with E-state index in [-0.39, 0.29) is 4.90 Å². The molecule has 0 bridgehead atoms. The third kappa shape index (κ3) is 3.96. The normalized spacial score (nSPS) is 15.6. The van der Waals surface area contributed by atoms with Crippen LogP contribution >= 0.6 is 23.2 Å². The average molecular weight is 431 g/mol. The molecule has 0 unspecified atom stereocenters. The van der Waals surface area contributed by atoms with Crippen LogP contribution in [0.3, 0.4) is 0 Å². The Morgan fingerprint density at radius 3 is 2.22 bits per heavy atom. The highest BCUT2D eigenvalue weighted by Gasteiger charge is 2.30. The SMILES string of the molecule is COc1ccc(S(=O)(=O)N2CCN(c3cccc(Cl)c3Cl)CC2)cc1OC. The topological polar surface area (TPSA) is 59.1 Å². The number of rotatable bonds is 5. The molecular weight excluding hydrogens is 411 g/mol. The van der Waals surface area contributed by atoms with E-state index in [1.54, 1.807) is 12.1 Å². The van der Waals surface area contributed by atoms with Gasteiger partial charge >= 0.3 is 0 Å². The second-order valence-corrected chi connectivity index (χ2v) is 8.70. The molecule has 0 amide bonds. The first kappa shape index (κ1) is 20.1. The van der Waals surface area contributed by atoms with Crippen molar-refractivity contribution in [1.29, 1.82) is 0 Å². The number of anilines is 1. The predicted molar refractivity (Wildman–Crippen MR) is 107 cm³/mol. The van der Waals surface area contributed by atoms with Crippen molar-refractivity contribution in [3.05, 3.63) is 46.4 Å². The molecule has 9 heteroatoms. The molecule has 0 aromatic heterocycles. The van der Waals surface area contributed by atoms with Crippen LogP contribution in [0.4, 0.5) is 5.69 Å². The first-order valence-corrected chi connectivity index (χ1v) is 10.5. The number of nitrogens with zero attached hydrogens (tertiary/aromatic N) is 2. The van der Waals surface area contributed by atoms with Crippen LogP contribution in [0.15, 0.2) is 41.3 Å². The minimum atomic E-state index is -3.63. The van der Waals surface area contributed by atoms with Crippen molar-refractivity contribution in [2.75, 3.05) is 45.3 Å². The number of benzene rings is 2. The first-order chi connectivity index (χ1) is 12.9. The lowest BCUT2D eigenvalue weighted by Gasteiger charge is -2.35. The lowest BCUT2D eigenvalue weighted by Crippen LogP contribution is -2.48. The highest BCUT2D eigenvalue weighted by Crippen LogP contribution is 2.34. The lowest BCUT2D eigenvalue weighted by molar-refractivity contribution is 0.353. The summed E-state index contributed by atoms with van der Waals surface area (Å²) in [6.07, 6.45) is 0. The number of methoxy groups -OCH3 is 2. The molecule has 3 rings (SSSR count). The number of piperazine rings is 1. The summed E-state index contributed by atoms with van der Waals surface area (Å²) >= 11 is 12.4. The van der Waals surface area contributed by atoms with E-state index in [1.807, 2.05) is 17.0 Å². The van der Waals surface area contributed by atoms with Crippen LogP contribution in [0.25, 0.3) is 0 Å². The van der Waals surface area contributed by atoms with Gasteiger partial charge in [-0.1, -0.05) is 29.3 Å². The molecule has 27 heavy (non-hydrogen) atoms. The third-order valence-corrected chi connectivity index (χ3v) is 7.21. The van der Waals surface area contributed by atoms with Gasteiger partial charge in [-0.15, -0.1) is 0 Å². The molecule has 1 aliphatic rings. The molecule has 2 aromatic carbocycles. The van der Waals surface area contributed by atoms with Gasteiger partial charge < -0.3 is 14.4 Å². The Kier molecular flexibility index (Phi) is 6.05. The fourth-order valence-corrected chi connectivity index (χ4v) is 4.89. The summed E-state index contributed by atoms with van der Waals surface area (Å²) in [5, 5.41) is 0.963. The zero-order valence-corrected chi connectivity index (χ0v) is 17.3. The summed E-state index contributed by atoms with van der Waals surface area (Å²) in [5.74, 6) is 0.861. The average Bonchev–Trinajstić information content (AvgIpc) is 2.69. The Morgan fingerprint density at radius 2 is 1.59 bits per heavy atom. The van der Waals surface area contributed by atoms with Gasteiger partial charge in [-0.3, -0.25) is 0 Å². The molecule has 6 nitrogen and oxygen atoms in total. The van der Waals surface area contributed by atoms with Crippen LogP contribution in [-0.4, -0.2) is 53.1 Å².